The summed E-state index contributed by atoms with van der Waals surface area (Å²) in [5.74, 6) is 0.802. The highest BCUT2D eigenvalue weighted by Crippen LogP contribution is 2.17. The van der Waals surface area contributed by atoms with Crippen molar-refractivity contribution in [3.05, 3.63) is 60.2 Å². The number of nitrogens with one attached hydrogen (secondary N) is 2. The van der Waals surface area contributed by atoms with Crippen LogP contribution in [0.4, 0.5) is 5.69 Å². The van der Waals surface area contributed by atoms with Crippen molar-refractivity contribution in [2.45, 2.75) is 32.7 Å². The van der Waals surface area contributed by atoms with E-state index in [2.05, 4.69) is 34.9 Å². The minimum atomic E-state index is -0.0146. The van der Waals surface area contributed by atoms with Crippen molar-refractivity contribution in [2.75, 3.05) is 18.5 Å². The summed E-state index contributed by atoms with van der Waals surface area (Å²) in [7, 11) is 0. The Morgan fingerprint density at radius 1 is 1.08 bits per heavy atom. The predicted octanol–water partition coefficient (Wildman–Crippen LogP) is 3.63. The Kier molecular flexibility index (Phi) is 7.15. The van der Waals surface area contributed by atoms with E-state index in [9.17, 15) is 4.79 Å². The number of rotatable bonds is 9. The van der Waals surface area contributed by atoms with Crippen LogP contribution in [0.2, 0.25) is 0 Å². The van der Waals surface area contributed by atoms with Gasteiger partial charge in [-0.15, -0.1) is 0 Å². The van der Waals surface area contributed by atoms with E-state index in [0.717, 1.165) is 24.3 Å². The number of hydrogen-bond acceptors (Lipinski definition) is 3. The summed E-state index contributed by atoms with van der Waals surface area (Å²) in [4.78, 5) is 11.7. The second kappa shape index (κ2) is 9.60. The third-order valence-corrected chi connectivity index (χ3v) is 3.46. The predicted molar refractivity (Wildman–Crippen MR) is 98.5 cm³/mol. The maximum Gasteiger partial charge on any atom is 0.239 e. The van der Waals surface area contributed by atoms with Gasteiger partial charge in [-0.1, -0.05) is 36.4 Å². The third-order valence-electron chi connectivity index (χ3n) is 3.46. The highest BCUT2D eigenvalue weighted by atomic mass is 16.5. The lowest BCUT2D eigenvalue weighted by Gasteiger charge is -2.11. The van der Waals surface area contributed by atoms with Gasteiger partial charge in [0, 0.05) is 17.8 Å². The fraction of sp³-hybridized carbons (Fsp3) is 0.350. The first-order valence-electron chi connectivity index (χ1n) is 8.43. The van der Waals surface area contributed by atoms with Gasteiger partial charge in [0.25, 0.3) is 0 Å². The van der Waals surface area contributed by atoms with Gasteiger partial charge in [0.2, 0.25) is 5.91 Å². The maximum atomic E-state index is 11.7. The molecule has 0 heterocycles. The van der Waals surface area contributed by atoms with Gasteiger partial charge in [0.1, 0.15) is 5.75 Å². The molecule has 0 aliphatic heterocycles. The normalized spacial score (nSPS) is 10.5. The molecule has 2 aromatic carbocycles. The Hall–Kier alpha value is -2.49. The van der Waals surface area contributed by atoms with Crippen molar-refractivity contribution < 1.29 is 9.53 Å². The van der Waals surface area contributed by atoms with Crippen molar-refractivity contribution in [3.63, 3.8) is 0 Å². The number of aryl methyl sites for hydroxylation is 1. The molecule has 0 aromatic heterocycles. The Morgan fingerprint density at radius 2 is 1.88 bits per heavy atom. The average molecular weight is 326 g/mol. The van der Waals surface area contributed by atoms with Crippen LogP contribution in [0, 0.1) is 0 Å². The summed E-state index contributed by atoms with van der Waals surface area (Å²) >= 11 is 0. The van der Waals surface area contributed by atoms with Gasteiger partial charge in [-0.2, -0.15) is 0 Å². The van der Waals surface area contributed by atoms with E-state index in [1.807, 2.05) is 44.2 Å². The molecule has 0 saturated heterocycles. The first-order valence-corrected chi connectivity index (χ1v) is 8.43. The second-order valence-electron chi connectivity index (χ2n) is 6.04. The van der Waals surface area contributed by atoms with Crippen LogP contribution in [0.1, 0.15) is 25.8 Å². The SMILES string of the molecule is CC(C)NC(=O)CNc1cccc(OCCCc2ccccc2)c1. The maximum absolute atomic E-state index is 11.7. The number of amides is 1. The molecular formula is C20H26N2O2. The molecule has 2 N–H and O–H groups in total. The molecule has 0 bridgehead atoms. The molecule has 1 amide bonds. The minimum Gasteiger partial charge on any atom is -0.494 e. The zero-order valence-electron chi connectivity index (χ0n) is 14.4. The highest BCUT2D eigenvalue weighted by molar-refractivity contribution is 5.80. The zero-order chi connectivity index (χ0) is 17.2. The van der Waals surface area contributed by atoms with Crippen LogP contribution in [0.25, 0.3) is 0 Å². The number of carbonyl (C=O) groups is 1. The van der Waals surface area contributed by atoms with Crippen LogP contribution in [0.15, 0.2) is 54.6 Å². The van der Waals surface area contributed by atoms with Crippen LogP contribution in [0.5, 0.6) is 5.75 Å². The van der Waals surface area contributed by atoms with Gasteiger partial charge in [-0.3, -0.25) is 4.79 Å². The lowest BCUT2D eigenvalue weighted by Crippen LogP contribution is -2.34. The standard InChI is InChI=1S/C20H26N2O2/c1-16(2)22-20(23)15-21-18-11-6-12-19(14-18)24-13-7-10-17-8-4-3-5-9-17/h3-6,8-9,11-12,14,16,21H,7,10,13,15H2,1-2H3,(H,22,23). The topological polar surface area (TPSA) is 50.4 Å². The van der Waals surface area contributed by atoms with Crippen LogP contribution in [0.3, 0.4) is 0 Å². The van der Waals surface area contributed by atoms with Crippen molar-refractivity contribution in [1.82, 2.24) is 5.32 Å². The summed E-state index contributed by atoms with van der Waals surface area (Å²) in [6.07, 6.45) is 1.98. The first-order chi connectivity index (χ1) is 11.6. The number of carbonyl (C=O) groups excluding carboxylic acids is 1. The lowest BCUT2D eigenvalue weighted by molar-refractivity contribution is -0.119. The van der Waals surface area contributed by atoms with Gasteiger partial charge >= 0.3 is 0 Å². The highest BCUT2D eigenvalue weighted by Gasteiger charge is 2.03. The summed E-state index contributed by atoms with van der Waals surface area (Å²) in [6, 6.07) is 18.3. The van der Waals surface area contributed by atoms with E-state index in [1.165, 1.54) is 5.56 Å². The lowest BCUT2D eigenvalue weighted by atomic mass is 10.1. The Morgan fingerprint density at radius 3 is 2.62 bits per heavy atom. The molecule has 4 heteroatoms. The summed E-state index contributed by atoms with van der Waals surface area (Å²) in [5, 5.41) is 5.97. The molecule has 0 unspecified atom stereocenters. The second-order valence-corrected chi connectivity index (χ2v) is 6.04. The molecular weight excluding hydrogens is 300 g/mol. The molecule has 0 saturated carbocycles. The van der Waals surface area contributed by atoms with Crippen molar-refractivity contribution >= 4 is 11.6 Å². The largest absolute Gasteiger partial charge is 0.494 e. The molecule has 0 atom stereocenters. The summed E-state index contributed by atoms with van der Waals surface area (Å²) in [6.45, 7) is 4.82. The van der Waals surface area contributed by atoms with Crippen molar-refractivity contribution in [2.24, 2.45) is 0 Å². The quantitative estimate of drug-likeness (QED) is 0.692. The molecule has 0 aliphatic rings. The zero-order valence-corrected chi connectivity index (χ0v) is 14.4. The minimum absolute atomic E-state index is 0.0146. The molecule has 2 rings (SSSR count). The van der Waals surface area contributed by atoms with Crippen molar-refractivity contribution in [1.29, 1.82) is 0 Å². The fourth-order valence-corrected chi connectivity index (χ4v) is 2.36. The van der Waals surface area contributed by atoms with E-state index in [1.54, 1.807) is 0 Å². The van der Waals surface area contributed by atoms with Gasteiger partial charge in [-0.05, 0) is 44.4 Å². The molecule has 2 aromatic rings. The van der Waals surface area contributed by atoms with Crippen LogP contribution in [-0.2, 0) is 11.2 Å². The molecule has 128 valence electrons. The van der Waals surface area contributed by atoms with Crippen LogP contribution < -0.4 is 15.4 Å². The van der Waals surface area contributed by atoms with E-state index in [-0.39, 0.29) is 18.5 Å². The average Bonchev–Trinajstić information content (AvgIpc) is 2.58. The van der Waals surface area contributed by atoms with E-state index in [4.69, 9.17) is 4.74 Å². The van der Waals surface area contributed by atoms with Crippen LogP contribution >= 0.6 is 0 Å². The van der Waals surface area contributed by atoms with Gasteiger partial charge < -0.3 is 15.4 Å². The Labute approximate surface area is 144 Å². The number of hydrogen-bond donors (Lipinski definition) is 2. The van der Waals surface area contributed by atoms with E-state index < -0.39 is 0 Å². The summed E-state index contributed by atoms with van der Waals surface area (Å²) < 4.78 is 5.80. The van der Waals surface area contributed by atoms with Gasteiger partial charge in [0.05, 0.1) is 13.2 Å². The van der Waals surface area contributed by atoms with Gasteiger partial charge in [0.15, 0.2) is 0 Å². The van der Waals surface area contributed by atoms with Gasteiger partial charge in [-0.25, -0.2) is 0 Å². The third kappa shape index (κ3) is 6.73. The fourth-order valence-electron chi connectivity index (χ4n) is 2.36. The molecule has 4 nitrogen and oxygen atoms in total. The molecule has 0 radical (unpaired) electrons. The summed E-state index contributed by atoms with van der Waals surface area (Å²) in [5.41, 5.74) is 2.21. The smallest absolute Gasteiger partial charge is 0.239 e. The van der Waals surface area contributed by atoms with E-state index in [0.29, 0.717) is 6.61 Å². The monoisotopic (exact) mass is 326 g/mol. The Balaban J connectivity index is 1.73. The number of benzene rings is 2. The molecule has 0 fully saturated rings. The Bertz CT molecular complexity index is 627. The first kappa shape index (κ1) is 17.9. The van der Waals surface area contributed by atoms with E-state index >= 15 is 0 Å². The van der Waals surface area contributed by atoms with Crippen molar-refractivity contribution in [3.8, 4) is 5.75 Å². The number of anilines is 1. The molecule has 0 spiro atoms. The number of ether oxygens (including phenoxy) is 1. The van der Waals surface area contributed by atoms with Crippen LogP contribution in [-0.4, -0.2) is 25.1 Å². The molecule has 24 heavy (non-hydrogen) atoms. The molecule has 0 aliphatic carbocycles.